The van der Waals surface area contributed by atoms with Gasteiger partial charge in [-0.2, -0.15) is 5.10 Å². The Kier molecular flexibility index (Phi) is 4.70. The van der Waals surface area contributed by atoms with Crippen molar-refractivity contribution in [1.82, 2.24) is 15.1 Å². The third kappa shape index (κ3) is 3.46. The van der Waals surface area contributed by atoms with Gasteiger partial charge in [-0.15, -0.1) is 0 Å². The molecule has 0 aliphatic heterocycles. The Hall–Kier alpha value is -2.11. The van der Waals surface area contributed by atoms with Crippen LogP contribution in [0.5, 0.6) is 0 Å². The number of hydrogen-bond acceptors (Lipinski definition) is 4. The summed E-state index contributed by atoms with van der Waals surface area (Å²) < 4.78 is 6.38. The molecule has 6 heteroatoms. The van der Waals surface area contributed by atoms with Gasteiger partial charge in [-0.1, -0.05) is 0 Å². The van der Waals surface area contributed by atoms with Crippen molar-refractivity contribution in [2.24, 2.45) is 7.05 Å². The molecule has 0 saturated heterocycles. The summed E-state index contributed by atoms with van der Waals surface area (Å²) in [6, 6.07) is 0. The molecule has 0 atom stereocenters. The zero-order valence-electron chi connectivity index (χ0n) is 12.8. The molecule has 1 aromatic heterocycles. The Morgan fingerprint density at radius 1 is 1.35 bits per heavy atom. The van der Waals surface area contributed by atoms with Crippen molar-refractivity contribution in [2.75, 3.05) is 7.11 Å². The van der Waals surface area contributed by atoms with Crippen LogP contribution in [0.1, 0.15) is 30.8 Å². The van der Waals surface area contributed by atoms with Gasteiger partial charge in [0.25, 0.3) is 0 Å². The molecular formula is C14H21N3O3. The molecule has 0 saturated carbocycles. The van der Waals surface area contributed by atoms with E-state index in [9.17, 15) is 9.59 Å². The van der Waals surface area contributed by atoms with E-state index in [1.54, 1.807) is 24.6 Å². The van der Waals surface area contributed by atoms with Gasteiger partial charge in [-0.05, 0) is 33.8 Å². The lowest BCUT2D eigenvalue weighted by Crippen LogP contribution is -2.49. The van der Waals surface area contributed by atoms with Gasteiger partial charge in [0.15, 0.2) is 0 Å². The maximum Gasteiger partial charge on any atom is 0.330 e. The number of nitrogens with one attached hydrogen (secondary N) is 1. The molecule has 20 heavy (non-hydrogen) atoms. The van der Waals surface area contributed by atoms with Gasteiger partial charge in [-0.25, -0.2) is 4.79 Å². The Morgan fingerprint density at radius 3 is 2.40 bits per heavy atom. The second-order valence-electron chi connectivity index (χ2n) is 5.15. The highest BCUT2D eigenvalue weighted by atomic mass is 16.5. The van der Waals surface area contributed by atoms with Crippen molar-refractivity contribution in [3.8, 4) is 0 Å². The molecule has 6 nitrogen and oxygen atoms in total. The van der Waals surface area contributed by atoms with E-state index in [2.05, 4.69) is 15.2 Å². The topological polar surface area (TPSA) is 73.2 Å². The highest BCUT2D eigenvalue weighted by molar-refractivity contribution is 5.96. The van der Waals surface area contributed by atoms with Crippen molar-refractivity contribution in [3.63, 3.8) is 0 Å². The van der Waals surface area contributed by atoms with E-state index in [4.69, 9.17) is 0 Å². The van der Waals surface area contributed by atoms with Crippen LogP contribution < -0.4 is 5.32 Å². The highest BCUT2D eigenvalue weighted by Gasteiger charge is 2.29. The minimum absolute atomic E-state index is 0.358. The maximum atomic E-state index is 11.8. The fraction of sp³-hybridized carbons (Fsp3) is 0.500. The minimum atomic E-state index is -1.06. The Labute approximate surface area is 118 Å². The molecular weight excluding hydrogens is 258 g/mol. The van der Waals surface area contributed by atoms with Gasteiger partial charge >= 0.3 is 5.97 Å². The second-order valence-corrected chi connectivity index (χ2v) is 5.15. The van der Waals surface area contributed by atoms with E-state index in [1.807, 2.05) is 20.9 Å². The third-order valence-electron chi connectivity index (χ3n) is 3.10. The Bertz CT molecular complexity index is 556. The first-order chi connectivity index (χ1) is 9.19. The number of ether oxygens (including phenoxy) is 1. The summed E-state index contributed by atoms with van der Waals surface area (Å²) in [6.45, 7) is 6.98. The van der Waals surface area contributed by atoms with Crippen molar-refractivity contribution < 1.29 is 14.3 Å². The van der Waals surface area contributed by atoms with Gasteiger partial charge in [0.2, 0.25) is 5.91 Å². The Morgan fingerprint density at radius 2 is 1.95 bits per heavy atom. The number of methoxy groups -OCH3 is 1. The number of carbonyl (C=O) groups excluding carboxylic acids is 2. The summed E-state index contributed by atoms with van der Waals surface area (Å²) >= 11 is 0. The fourth-order valence-electron chi connectivity index (χ4n) is 1.85. The van der Waals surface area contributed by atoms with E-state index in [0.29, 0.717) is 0 Å². The molecule has 1 rings (SSSR count). The maximum absolute atomic E-state index is 11.8. The number of rotatable bonds is 4. The first kappa shape index (κ1) is 15.9. The smallest absolute Gasteiger partial charge is 0.330 e. The standard InChI is InChI=1S/C14H21N3O3/c1-9-11(10(2)17(5)16-9)7-8-12(18)15-14(3,4)13(19)20-6/h7-8H,1-6H3,(H,15,18)/b8-7+. The van der Waals surface area contributed by atoms with Crippen LogP contribution in [0.4, 0.5) is 0 Å². The molecule has 1 heterocycles. The van der Waals surface area contributed by atoms with E-state index in [0.717, 1.165) is 17.0 Å². The van der Waals surface area contributed by atoms with E-state index in [1.165, 1.54) is 13.2 Å². The summed E-state index contributed by atoms with van der Waals surface area (Å²) in [4.78, 5) is 23.3. The van der Waals surface area contributed by atoms with Gasteiger partial charge in [0, 0.05) is 24.4 Å². The largest absolute Gasteiger partial charge is 0.467 e. The molecule has 110 valence electrons. The lowest BCUT2D eigenvalue weighted by molar-refractivity contribution is -0.148. The summed E-state index contributed by atoms with van der Waals surface area (Å²) in [5, 5.41) is 6.86. The number of carbonyl (C=O) groups is 2. The van der Waals surface area contributed by atoms with Crippen LogP contribution in [0.25, 0.3) is 6.08 Å². The fourth-order valence-corrected chi connectivity index (χ4v) is 1.85. The summed E-state index contributed by atoms with van der Waals surface area (Å²) in [7, 11) is 3.13. The lowest BCUT2D eigenvalue weighted by atomic mass is 10.1. The number of esters is 1. The number of hydrogen-bond donors (Lipinski definition) is 1. The third-order valence-corrected chi connectivity index (χ3v) is 3.10. The average Bonchev–Trinajstić information content (AvgIpc) is 2.59. The van der Waals surface area contributed by atoms with Crippen LogP contribution >= 0.6 is 0 Å². The summed E-state index contributed by atoms with van der Waals surface area (Å²) in [6.07, 6.45) is 3.09. The minimum Gasteiger partial charge on any atom is -0.467 e. The number of aromatic nitrogens is 2. The van der Waals surface area contributed by atoms with Crippen LogP contribution in [0, 0.1) is 13.8 Å². The first-order valence-corrected chi connectivity index (χ1v) is 6.28. The van der Waals surface area contributed by atoms with Gasteiger partial charge in [-0.3, -0.25) is 9.48 Å². The Balaban J connectivity index is 2.81. The van der Waals surface area contributed by atoms with Gasteiger partial charge < -0.3 is 10.1 Å². The SMILES string of the molecule is COC(=O)C(C)(C)NC(=O)/C=C/c1c(C)nn(C)c1C. The lowest BCUT2D eigenvalue weighted by Gasteiger charge is -2.22. The van der Waals surface area contributed by atoms with Crippen molar-refractivity contribution in [1.29, 1.82) is 0 Å². The van der Waals surface area contributed by atoms with Crippen LogP contribution in [-0.2, 0) is 21.4 Å². The van der Waals surface area contributed by atoms with E-state index < -0.39 is 11.5 Å². The zero-order chi connectivity index (χ0) is 15.5. The highest BCUT2D eigenvalue weighted by Crippen LogP contribution is 2.13. The van der Waals surface area contributed by atoms with Crippen LogP contribution in [-0.4, -0.2) is 34.3 Å². The molecule has 0 radical (unpaired) electrons. The van der Waals surface area contributed by atoms with Crippen LogP contribution in [0.2, 0.25) is 0 Å². The van der Waals surface area contributed by atoms with Gasteiger partial charge in [0.1, 0.15) is 5.54 Å². The van der Waals surface area contributed by atoms with Gasteiger partial charge in [0.05, 0.1) is 12.8 Å². The summed E-state index contributed by atoms with van der Waals surface area (Å²) in [5.74, 6) is -0.851. The van der Waals surface area contributed by atoms with Crippen molar-refractivity contribution in [2.45, 2.75) is 33.2 Å². The molecule has 0 aliphatic carbocycles. The number of nitrogens with zero attached hydrogens (tertiary/aromatic N) is 2. The number of amides is 1. The first-order valence-electron chi connectivity index (χ1n) is 6.28. The molecule has 0 bridgehead atoms. The molecule has 0 unspecified atom stereocenters. The quantitative estimate of drug-likeness (QED) is 0.662. The molecule has 0 spiro atoms. The van der Waals surface area contributed by atoms with E-state index in [-0.39, 0.29) is 5.91 Å². The molecule has 1 aromatic rings. The average molecular weight is 279 g/mol. The molecule has 0 aromatic carbocycles. The second kappa shape index (κ2) is 5.90. The number of aryl methyl sites for hydroxylation is 2. The molecule has 1 N–H and O–H groups in total. The normalized spacial score (nSPS) is 11.7. The predicted molar refractivity (Wildman–Crippen MR) is 76.0 cm³/mol. The predicted octanol–water partition coefficient (Wildman–Crippen LogP) is 1.12. The monoisotopic (exact) mass is 279 g/mol. The van der Waals surface area contributed by atoms with Crippen molar-refractivity contribution in [3.05, 3.63) is 23.0 Å². The molecule has 1 amide bonds. The zero-order valence-corrected chi connectivity index (χ0v) is 12.8. The van der Waals surface area contributed by atoms with Crippen LogP contribution in [0.3, 0.4) is 0 Å². The molecule has 0 aliphatic rings. The van der Waals surface area contributed by atoms with Crippen LogP contribution in [0.15, 0.2) is 6.08 Å². The molecule has 0 fully saturated rings. The van der Waals surface area contributed by atoms with E-state index >= 15 is 0 Å². The van der Waals surface area contributed by atoms with Crippen molar-refractivity contribution >= 4 is 18.0 Å². The summed E-state index contributed by atoms with van der Waals surface area (Å²) in [5.41, 5.74) is 1.66.